The molecule has 0 fully saturated rings. The standard InChI is InChI=1S/C16H16FNO2/c1-10-3-4-13(9-15(10)17)11(2)18-16(20)12-5-7-14(19)8-6-12/h3-9,11,19H,1-2H3,(H,18,20). The van der Waals surface area contributed by atoms with Crippen LogP contribution in [-0.4, -0.2) is 11.0 Å². The third kappa shape index (κ3) is 3.15. The number of hydrogen-bond acceptors (Lipinski definition) is 2. The quantitative estimate of drug-likeness (QED) is 0.901. The Hall–Kier alpha value is -2.36. The van der Waals surface area contributed by atoms with Gasteiger partial charge in [-0.05, 0) is 55.3 Å². The van der Waals surface area contributed by atoms with E-state index in [-0.39, 0.29) is 23.5 Å². The van der Waals surface area contributed by atoms with Crippen molar-refractivity contribution in [3.63, 3.8) is 0 Å². The fourth-order valence-electron chi connectivity index (χ4n) is 1.85. The lowest BCUT2D eigenvalue weighted by atomic mass is 10.1. The molecule has 3 nitrogen and oxygen atoms in total. The minimum atomic E-state index is -0.300. The van der Waals surface area contributed by atoms with E-state index < -0.39 is 0 Å². The van der Waals surface area contributed by atoms with Crippen LogP contribution in [0.1, 0.15) is 34.5 Å². The van der Waals surface area contributed by atoms with Crippen molar-refractivity contribution in [3.05, 3.63) is 65.0 Å². The van der Waals surface area contributed by atoms with E-state index in [9.17, 15) is 14.3 Å². The van der Waals surface area contributed by atoms with E-state index in [1.165, 1.54) is 30.3 Å². The van der Waals surface area contributed by atoms with Crippen LogP contribution in [0.5, 0.6) is 5.75 Å². The van der Waals surface area contributed by atoms with Crippen molar-refractivity contribution in [1.29, 1.82) is 0 Å². The van der Waals surface area contributed by atoms with Crippen molar-refractivity contribution in [2.45, 2.75) is 19.9 Å². The van der Waals surface area contributed by atoms with Gasteiger partial charge in [-0.2, -0.15) is 0 Å². The lowest BCUT2D eigenvalue weighted by Crippen LogP contribution is -2.26. The summed E-state index contributed by atoms with van der Waals surface area (Å²) in [6.07, 6.45) is 0. The molecule has 0 aliphatic carbocycles. The van der Waals surface area contributed by atoms with Crippen LogP contribution < -0.4 is 5.32 Å². The molecule has 0 radical (unpaired) electrons. The number of carbonyl (C=O) groups is 1. The molecule has 20 heavy (non-hydrogen) atoms. The maximum absolute atomic E-state index is 13.5. The Morgan fingerprint density at radius 2 is 1.85 bits per heavy atom. The Labute approximate surface area is 117 Å². The van der Waals surface area contributed by atoms with Crippen LogP contribution >= 0.6 is 0 Å². The molecule has 2 aromatic rings. The Morgan fingerprint density at radius 3 is 2.45 bits per heavy atom. The number of amides is 1. The zero-order valence-corrected chi connectivity index (χ0v) is 11.4. The summed E-state index contributed by atoms with van der Waals surface area (Å²) in [7, 11) is 0. The smallest absolute Gasteiger partial charge is 0.251 e. The largest absolute Gasteiger partial charge is 0.508 e. The number of phenols is 1. The van der Waals surface area contributed by atoms with Gasteiger partial charge in [-0.3, -0.25) is 4.79 Å². The Balaban J connectivity index is 2.10. The van der Waals surface area contributed by atoms with Gasteiger partial charge in [0.1, 0.15) is 11.6 Å². The molecule has 0 aliphatic rings. The van der Waals surface area contributed by atoms with E-state index in [1.807, 2.05) is 0 Å². The van der Waals surface area contributed by atoms with E-state index in [0.29, 0.717) is 16.7 Å². The highest BCUT2D eigenvalue weighted by Crippen LogP contribution is 2.17. The maximum Gasteiger partial charge on any atom is 0.251 e. The number of aryl methyl sites for hydroxylation is 1. The predicted molar refractivity (Wildman–Crippen MR) is 75.1 cm³/mol. The molecule has 4 heteroatoms. The monoisotopic (exact) mass is 273 g/mol. The number of halogens is 1. The number of benzene rings is 2. The van der Waals surface area contributed by atoms with E-state index >= 15 is 0 Å². The molecule has 2 aromatic carbocycles. The molecule has 0 bridgehead atoms. The summed E-state index contributed by atoms with van der Waals surface area (Å²) in [6.45, 7) is 3.49. The van der Waals surface area contributed by atoms with Crippen molar-refractivity contribution in [2.75, 3.05) is 0 Å². The van der Waals surface area contributed by atoms with E-state index in [0.717, 1.165) is 0 Å². The van der Waals surface area contributed by atoms with Crippen LogP contribution in [0.3, 0.4) is 0 Å². The van der Waals surface area contributed by atoms with Gasteiger partial charge in [-0.1, -0.05) is 12.1 Å². The summed E-state index contributed by atoms with van der Waals surface area (Å²) in [5.41, 5.74) is 1.73. The topological polar surface area (TPSA) is 49.3 Å². The van der Waals surface area contributed by atoms with E-state index in [1.54, 1.807) is 26.0 Å². The molecule has 1 atom stereocenters. The fraction of sp³-hybridized carbons (Fsp3) is 0.188. The third-order valence-corrected chi connectivity index (χ3v) is 3.17. The Bertz CT molecular complexity index is 623. The van der Waals surface area contributed by atoms with E-state index in [2.05, 4.69) is 5.32 Å². The van der Waals surface area contributed by atoms with Crippen molar-refractivity contribution in [1.82, 2.24) is 5.32 Å². The second kappa shape index (κ2) is 5.74. The highest BCUT2D eigenvalue weighted by atomic mass is 19.1. The summed E-state index contributed by atoms with van der Waals surface area (Å²) >= 11 is 0. The highest BCUT2D eigenvalue weighted by Gasteiger charge is 2.12. The van der Waals surface area contributed by atoms with Gasteiger partial charge in [-0.25, -0.2) is 4.39 Å². The molecule has 0 saturated heterocycles. The molecule has 1 unspecified atom stereocenters. The SMILES string of the molecule is Cc1ccc(C(C)NC(=O)c2ccc(O)cc2)cc1F. The van der Waals surface area contributed by atoms with Crippen LogP contribution in [0.25, 0.3) is 0 Å². The van der Waals surface area contributed by atoms with Crippen LogP contribution in [0.2, 0.25) is 0 Å². The number of carbonyl (C=O) groups excluding carboxylic acids is 1. The number of nitrogens with one attached hydrogen (secondary N) is 1. The first-order valence-corrected chi connectivity index (χ1v) is 6.33. The average molecular weight is 273 g/mol. The predicted octanol–water partition coefficient (Wildman–Crippen LogP) is 3.33. The molecular weight excluding hydrogens is 257 g/mol. The van der Waals surface area contributed by atoms with Crippen LogP contribution in [0.15, 0.2) is 42.5 Å². The summed E-state index contributed by atoms with van der Waals surface area (Å²) < 4.78 is 13.5. The molecule has 0 aliphatic heterocycles. The van der Waals surface area contributed by atoms with Crippen molar-refractivity contribution >= 4 is 5.91 Å². The maximum atomic E-state index is 13.5. The van der Waals surface area contributed by atoms with Gasteiger partial charge >= 0.3 is 0 Å². The van der Waals surface area contributed by atoms with Gasteiger partial charge in [0.25, 0.3) is 5.91 Å². The number of aromatic hydroxyl groups is 1. The highest BCUT2D eigenvalue weighted by molar-refractivity contribution is 5.94. The summed E-state index contributed by atoms with van der Waals surface area (Å²) in [5, 5.41) is 12.0. The van der Waals surface area contributed by atoms with E-state index in [4.69, 9.17) is 0 Å². The summed E-state index contributed by atoms with van der Waals surface area (Å²) in [6, 6.07) is 10.6. The molecule has 104 valence electrons. The molecule has 2 rings (SSSR count). The van der Waals surface area contributed by atoms with Crippen molar-refractivity contribution in [2.24, 2.45) is 0 Å². The zero-order chi connectivity index (χ0) is 14.7. The second-order valence-electron chi connectivity index (χ2n) is 4.75. The normalized spacial score (nSPS) is 11.9. The van der Waals surface area contributed by atoms with Crippen LogP contribution in [0.4, 0.5) is 4.39 Å². The third-order valence-electron chi connectivity index (χ3n) is 3.17. The zero-order valence-electron chi connectivity index (χ0n) is 11.4. The molecule has 0 saturated carbocycles. The van der Waals surface area contributed by atoms with Crippen LogP contribution in [0, 0.1) is 12.7 Å². The van der Waals surface area contributed by atoms with Gasteiger partial charge in [0.2, 0.25) is 0 Å². The molecule has 0 heterocycles. The average Bonchev–Trinajstić information content (AvgIpc) is 2.42. The minimum absolute atomic E-state index is 0.107. The van der Waals surface area contributed by atoms with Gasteiger partial charge in [-0.15, -0.1) is 0 Å². The summed E-state index contributed by atoms with van der Waals surface area (Å²) in [5.74, 6) is -0.443. The first-order chi connectivity index (χ1) is 9.47. The lowest BCUT2D eigenvalue weighted by molar-refractivity contribution is 0.0940. The fourth-order valence-corrected chi connectivity index (χ4v) is 1.85. The minimum Gasteiger partial charge on any atom is -0.508 e. The number of rotatable bonds is 3. The van der Waals surface area contributed by atoms with Crippen molar-refractivity contribution < 1.29 is 14.3 Å². The van der Waals surface area contributed by atoms with Gasteiger partial charge in [0, 0.05) is 5.56 Å². The second-order valence-corrected chi connectivity index (χ2v) is 4.75. The van der Waals surface area contributed by atoms with Crippen LogP contribution in [-0.2, 0) is 0 Å². The van der Waals surface area contributed by atoms with Gasteiger partial charge in [0.05, 0.1) is 6.04 Å². The molecular formula is C16H16FNO2. The van der Waals surface area contributed by atoms with Crippen molar-refractivity contribution in [3.8, 4) is 5.75 Å². The number of phenolic OH excluding ortho intramolecular Hbond substituents is 1. The Kier molecular flexibility index (Phi) is 4.03. The molecule has 0 spiro atoms. The molecule has 0 aromatic heterocycles. The molecule has 1 amide bonds. The first kappa shape index (κ1) is 14.1. The summed E-state index contributed by atoms with van der Waals surface area (Å²) in [4.78, 5) is 12.0. The lowest BCUT2D eigenvalue weighted by Gasteiger charge is -2.15. The van der Waals surface area contributed by atoms with Gasteiger partial charge < -0.3 is 10.4 Å². The Morgan fingerprint density at radius 1 is 1.20 bits per heavy atom. The number of hydrogen-bond donors (Lipinski definition) is 2. The first-order valence-electron chi connectivity index (χ1n) is 6.33. The van der Waals surface area contributed by atoms with Gasteiger partial charge in [0.15, 0.2) is 0 Å². The molecule has 2 N–H and O–H groups in total.